The highest BCUT2D eigenvalue weighted by Gasteiger charge is 2.16. The molecule has 3 heteroatoms. The number of rotatable bonds is 0. The van der Waals surface area contributed by atoms with Gasteiger partial charge in [-0.05, 0) is 12.2 Å². The molecular weight excluding hydrogens is 256 g/mol. The number of benzene rings is 2. The van der Waals surface area contributed by atoms with Crippen LogP contribution in [0.4, 0.5) is 0 Å². The predicted octanol–water partition coefficient (Wildman–Crippen LogP) is 3.42. The lowest BCUT2D eigenvalue weighted by molar-refractivity contribution is 0.0994. The maximum absolute atomic E-state index is 11.2. The molecule has 0 radical (unpaired) electrons. The van der Waals surface area contributed by atoms with Crippen molar-refractivity contribution in [2.24, 2.45) is 0 Å². The van der Waals surface area contributed by atoms with Gasteiger partial charge in [0.1, 0.15) is 0 Å². The van der Waals surface area contributed by atoms with Crippen molar-refractivity contribution in [3.8, 4) is 0 Å². The highest BCUT2D eigenvalue weighted by atomic mass is 32.1. The van der Waals surface area contributed by atoms with Crippen LogP contribution < -0.4 is 0 Å². The number of hydrogen-bond donors (Lipinski definition) is 0. The monoisotopic (exact) mass is 270 g/mol. The molecule has 2 aromatic carbocycles. The van der Waals surface area contributed by atoms with Crippen molar-refractivity contribution in [1.29, 1.82) is 0 Å². The second-order valence-electron chi connectivity index (χ2n) is 3.76. The molecule has 0 fully saturated rings. The zero-order valence-electron chi connectivity index (χ0n) is 10.2. The predicted molar refractivity (Wildman–Crippen MR) is 81.1 cm³/mol. The molecule has 0 heterocycles. The summed E-state index contributed by atoms with van der Waals surface area (Å²) in [5.74, 6) is -0.185. The molecule has 0 bridgehead atoms. The number of ketones is 2. The zero-order valence-corrected chi connectivity index (χ0v) is 11.2. The Morgan fingerprint density at radius 1 is 0.526 bits per heavy atom. The van der Waals surface area contributed by atoms with Crippen LogP contribution in [0.5, 0.6) is 0 Å². The third kappa shape index (κ3) is 3.93. The first-order valence-electron chi connectivity index (χ1n) is 5.65. The summed E-state index contributed by atoms with van der Waals surface area (Å²) in [5, 5.41) is 0. The van der Waals surface area contributed by atoms with E-state index in [1.54, 1.807) is 24.3 Å². The Labute approximate surface area is 119 Å². The largest absolute Gasteiger partial charge is 0.289 e. The van der Waals surface area contributed by atoms with Crippen LogP contribution in [0.25, 0.3) is 0 Å². The van der Waals surface area contributed by atoms with E-state index < -0.39 is 0 Å². The van der Waals surface area contributed by atoms with Gasteiger partial charge in [-0.15, -0.1) is 0 Å². The molecule has 96 valence electrons. The van der Waals surface area contributed by atoms with E-state index in [9.17, 15) is 9.59 Å². The summed E-state index contributed by atoms with van der Waals surface area (Å²) < 4.78 is 0. The van der Waals surface area contributed by atoms with E-state index in [0.29, 0.717) is 11.1 Å². The average Bonchev–Trinajstić information content (AvgIpc) is 2.46. The van der Waals surface area contributed by atoms with Crippen LogP contribution in [-0.2, 0) is 0 Å². The Kier molecular flexibility index (Phi) is 5.76. The van der Waals surface area contributed by atoms with Gasteiger partial charge in [-0.1, -0.05) is 60.7 Å². The van der Waals surface area contributed by atoms with Gasteiger partial charge in [0, 0.05) is 11.1 Å². The van der Waals surface area contributed by atoms with E-state index in [1.807, 2.05) is 36.4 Å². The van der Waals surface area contributed by atoms with Gasteiger partial charge in [-0.2, -0.15) is 13.5 Å². The Balaban J connectivity index is 0.000000220. The fourth-order valence-electron chi connectivity index (χ4n) is 1.63. The van der Waals surface area contributed by atoms with E-state index in [4.69, 9.17) is 0 Å². The van der Waals surface area contributed by atoms with Gasteiger partial charge in [0.05, 0.1) is 0 Å². The van der Waals surface area contributed by atoms with Crippen LogP contribution in [0, 0.1) is 0 Å². The second kappa shape index (κ2) is 7.34. The van der Waals surface area contributed by atoms with Gasteiger partial charge < -0.3 is 0 Å². The zero-order chi connectivity index (χ0) is 12.8. The minimum Gasteiger partial charge on any atom is -0.289 e. The van der Waals surface area contributed by atoms with Gasteiger partial charge in [0.15, 0.2) is 11.6 Å². The number of carbonyl (C=O) groups is 2. The summed E-state index contributed by atoms with van der Waals surface area (Å²) in [4.78, 5) is 22.4. The molecule has 2 aromatic rings. The van der Waals surface area contributed by atoms with E-state index in [1.165, 1.54) is 12.2 Å². The molecule has 0 aromatic heterocycles. The number of allylic oxidation sites excluding steroid dienone is 2. The van der Waals surface area contributed by atoms with E-state index in [2.05, 4.69) is 0 Å². The maximum Gasteiger partial charge on any atom is 0.186 e. The molecule has 0 spiro atoms. The molecular formula is C16H14O2S. The molecule has 0 amide bonds. The Morgan fingerprint density at radius 2 is 0.842 bits per heavy atom. The third-order valence-corrected chi connectivity index (χ3v) is 2.51. The second-order valence-corrected chi connectivity index (χ2v) is 3.76. The molecule has 0 saturated heterocycles. The van der Waals surface area contributed by atoms with Crippen molar-refractivity contribution in [2.75, 3.05) is 0 Å². The fourth-order valence-corrected chi connectivity index (χ4v) is 1.63. The molecule has 19 heavy (non-hydrogen) atoms. The van der Waals surface area contributed by atoms with E-state index >= 15 is 0 Å². The quantitative estimate of drug-likeness (QED) is 0.735. The first-order chi connectivity index (χ1) is 8.79. The number of hydrogen-bond acceptors (Lipinski definition) is 2. The first-order valence-corrected chi connectivity index (χ1v) is 5.65. The molecule has 1 aliphatic carbocycles. The lowest BCUT2D eigenvalue weighted by Crippen LogP contribution is -2.10. The van der Waals surface area contributed by atoms with Gasteiger partial charge in [0.25, 0.3) is 0 Å². The van der Waals surface area contributed by atoms with Gasteiger partial charge in [-0.3, -0.25) is 9.59 Å². The highest BCUT2D eigenvalue weighted by Crippen LogP contribution is 2.15. The van der Waals surface area contributed by atoms with Crippen molar-refractivity contribution < 1.29 is 9.59 Å². The topological polar surface area (TPSA) is 34.1 Å². The molecule has 2 nitrogen and oxygen atoms in total. The van der Waals surface area contributed by atoms with Crippen molar-refractivity contribution in [3.05, 3.63) is 83.9 Å². The van der Waals surface area contributed by atoms with E-state index in [0.717, 1.165) is 0 Å². The normalized spacial score (nSPS) is 11.8. The summed E-state index contributed by atoms with van der Waals surface area (Å²) >= 11 is 0. The lowest BCUT2D eigenvalue weighted by Gasteiger charge is -2.06. The number of carbonyl (C=O) groups excluding carboxylic acids is 2. The SMILES string of the molecule is O=C1C=CC(=O)c2ccccc21.S.c1ccccc1. The highest BCUT2D eigenvalue weighted by molar-refractivity contribution is 7.59. The molecule has 0 unspecified atom stereocenters. The van der Waals surface area contributed by atoms with Crippen LogP contribution in [0.2, 0.25) is 0 Å². The van der Waals surface area contributed by atoms with Crippen LogP contribution in [0.1, 0.15) is 20.7 Å². The summed E-state index contributed by atoms with van der Waals surface area (Å²) in [6.45, 7) is 0. The summed E-state index contributed by atoms with van der Waals surface area (Å²) in [6, 6.07) is 18.8. The van der Waals surface area contributed by atoms with Gasteiger partial charge in [-0.25, -0.2) is 0 Å². The summed E-state index contributed by atoms with van der Waals surface area (Å²) in [6.07, 6.45) is 2.62. The molecule has 0 atom stereocenters. The van der Waals surface area contributed by atoms with Crippen LogP contribution >= 0.6 is 13.5 Å². The fraction of sp³-hybridized carbons (Fsp3) is 0. The van der Waals surface area contributed by atoms with Crippen molar-refractivity contribution >= 4 is 25.1 Å². The molecule has 0 saturated carbocycles. The molecule has 0 N–H and O–H groups in total. The Morgan fingerprint density at radius 3 is 1.16 bits per heavy atom. The summed E-state index contributed by atoms with van der Waals surface area (Å²) in [5.41, 5.74) is 1.01. The minimum atomic E-state index is -0.0924. The molecule has 1 aliphatic rings. The van der Waals surface area contributed by atoms with Gasteiger partial charge >= 0.3 is 0 Å². The molecule has 0 aliphatic heterocycles. The van der Waals surface area contributed by atoms with Crippen LogP contribution in [0.15, 0.2) is 72.8 Å². The Bertz CT molecular complexity index is 525. The average molecular weight is 270 g/mol. The smallest absolute Gasteiger partial charge is 0.186 e. The molecule has 3 rings (SSSR count). The number of fused-ring (bicyclic) bond motifs is 1. The summed E-state index contributed by atoms with van der Waals surface area (Å²) in [7, 11) is 0. The first kappa shape index (κ1) is 14.9. The van der Waals surface area contributed by atoms with Crippen LogP contribution in [-0.4, -0.2) is 11.6 Å². The standard InChI is InChI=1S/C10H6O2.C6H6.H2S/c11-9-5-6-10(12)8-4-2-1-3-7(8)9;1-2-4-6-5-3-1;/h1-6H;1-6H;1H2. The lowest BCUT2D eigenvalue weighted by atomic mass is 9.95. The van der Waals surface area contributed by atoms with Gasteiger partial charge in [0.2, 0.25) is 0 Å². The third-order valence-electron chi connectivity index (χ3n) is 2.51. The minimum absolute atomic E-state index is 0. The van der Waals surface area contributed by atoms with Crippen LogP contribution in [0.3, 0.4) is 0 Å². The van der Waals surface area contributed by atoms with Crippen molar-refractivity contribution in [3.63, 3.8) is 0 Å². The van der Waals surface area contributed by atoms with Crippen molar-refractivity contribution in [2.45, 2.75) is 0 Å². The Hall–Kier alpha value is -2.13. The van der Waals surface area contributed by atoms with Crippen molar-refractivity contribution in [1.82, 2.24) is 0 Å². The maximum atomic E-state index is 11.2. The van der Waals surface area contributed by atoms with E-state index in [-0.39, 0.29) is 25.1 Å².